The summed E-state index contributed by atoms with van der Waals surface area (Å²) in [5.74, 6) is -2.54. The highest BCUT2D eigenvalue weighted by Crippen LogP contribution is 2.48. The van der Waals surface area contributed by atoms with Gasteiger partial charge in [-0.15, -0.1) is 11.3 Å². The minimum atomic E-state index is -0.950. The maximum atomic E-state index is 12.5. The van der Waals surface area contributed by atoms with Crippen molar-refractivity contribution in [3.63, 3.8) is 0 Å². The monoisotopic (exact) mass is 374 g/mol. The van der Waals surface area contributed by atoms with E-state index in [1.165, 1.54) is 4.88 Å². The van der Waals surface area contributed by atoms with E-state index in [0.717, 1.165) is 24.8 Å². The quantitative estimate of drug-likeness (QED) is 0.558. The molecule has 1 fully saturated rings. The van der Waals surface area contributed by atoms with Gasteiger partial charge in [-0.05, 0) is 49.0 Å². The molecule has 138 valence electrons. The van der Waals surface area contributed by atoms with Gasteiger partial charge in [-0.1, -0.05) is 19.1 Å². The summed E-state index contributed by atoms with van der Waals surface area (Å²) in [6.07, 6.45) is 7.46. The van der Waals surface area contributed by atoms with Crippen molar-refractivity contribution >= 4 is 29.1 Å². The van der Waals surface area contributed by atoms with Crippen molar-refractivity contribution in [2.24, 2.45) is 29.6 Å². The van der Waals surface area contributed by atoms with Crippen molar-refractivity contribution in [3.8, 4) is 0 Å². The van der Waals surface area contributed by atoms with Crippen LogP contribution in [-0.2, 0) is 22.4 Å². The summed E-state index contributed by atoms with van der Waals surface area (Å²) in [5, 5.41) is 11.3. The first-order valence-corrected chi connectivity index (χ1v) is 9.94. The molecule has 0 radical (unpaired) electrons. The first-order chi connectivity index (χ1) is 12.5. The minimum Gasteiger partial charge on any atom is -0.481 e. The van der Waals surface area contributed by atoms with Crippen molar-refractivity contribution in [3.05, 3.63) is 33.5 Å². The fourth-order valence-corrected chi connectivity index (χ4v) is 5.90. The number of rotatable bonds is 3. The standard InChI is InChI=1S/C19H22N2O4S/c1-9-2-5-12-13(8-26-14(12)6-9)17(22)20-21-18(23)15-10-3-4-11(7-10)16(15)19(24)25/h3-4,8-11,15-16H,2,5-7H2,1H3,(H,20,22)(H,21,23)(H,24,25). The van der Waals surface area contributed by atoms with Gasteiger partial charge in [0.15, 0.2) is 0 Å². The number of amides is 2. The second kappa shape index (κ2) is 6.54. The van der Waals surface area contributed by atoms with E-state index >= 15 is 0 Å². The number of carboxylic acids is 1. The molecule has 0 aliphatic heterocycles. The number of carbonyl (C=O) groups excluding carboxylic acids is 2. The summed E-state index contributed by atoms with van der Waals surface area (Å²) in [4.78, 5) is 37.8. The van der Waals surface area contributed by atoms with Gasteiger partial charge in [0.1, 0.15) is 0 Å². The van der Waals surface area contributed by atoms with Gasteiger partial charge < -0.3 is 5.11 Å². The molecular formula is C19H22N2O4S. The van der Waals surface area contributed by atoms with E-state index in [0.29, 0.717) is 17.9 Å². The highest BCUT2D eigenvalue weighted by Gasteiger charge is 2.51. The maximum Gasteiger partial charge on any atom is 0.307 e. The largest absolute Gasteiger partial charge is 0.481 e. The number of nitrogens with one attached hydrogen (secondary N) is 2. The summed E-state index contributed by atoms with van der Waals surface area (Å²) in [5.41, 5.74) is 6.67. The smallest absolute Gasteiger partial charge is 0.307 e. The van der Waals surface area contributed by atoms with Crippen molar-refractivity contribution in [1.29, 1.82) is 0 Å². The van der Waals surface area contributed by atoms with E-state index in [1.807, 2.05) is 17.5 Å². The number of hydrazine groups is 1. The molecule has 2 amide bonds. The van der Waals surface area contributed by atoms with E-state index in [1.54, 1.807) is 11.3 Å². The summed E-state index contributed by atoms with van der Waals surface area (Å²) in [6, 6.07) is 0. The first kappa shape index (κ1) is 17.3. The van der Waals surface area contributed by atoms with Crippen LogP contribution >= 0.6 is 11.3 Å². The van der Waals surface area contributed by atoms with Gasteiger partial charge in [0.25, 0.3) is 5.91 Å². The van der Waals surface area contributed by atoms with Gasteiger partial charge in [0.2, 0.25) is 5.91 Å². The molecule has 1 aromatic rings. The van der Waals surface area contributed by atoms with Crippen LogP contribution in [0, 0.1) is 29.6 Å². The second-order valence-electron chi connectivity index (χ2n) is 7.68. The van der Waals surface area contributed by atoms with Crippen LogP contribution in [0.15, 0.2) is 17.5 Å². The van der Waals surface area contributed by atoms with E-state index in [2.05, 4.69) is 17.8 Å². The number of hydrogen-bond donors (Lipinski definition) is 3. The molecule has 1 saturated carbocycles. The number of aliphatic carboxylic acids is 1. The van der Waals surface area contributed by atoms with Crippen LogP contribution < -0.4 is 10.9 Å². The van der Waals surface area contributed by atoms with E-state index in [4.69, 9.17) is 0 Å². The van der Waals surface area contributed by atoms with Crippen LogP contribution in [-0.4, -0.2) is 22.9 Å². The fraction of sp³-hybridized carbons (Fsp3) is 0.526. The Morgan fingerprint density at radius 3 is 2.62 bits per heavy atom. The number of fused-ring (bicyclic) bond motifs is 3. The number of thiophene rings is 1. The average molecular weight is 374 g/mol. The van der Waals surface area contributed by atoms with Gasteiger partial charge in [0.05, 0.1) is 17.4 Å². The molecule has 5 atom stereocenters. The molecule has 2 bridgehead atoms. The van der Waals surface area contributed by atoms with E-state index < -0.39 is 23.7 Å². The van der Waals surface area contributed by atoms with E-state index in [9.17, 15) is 19.5 Å². The highest BCUT2D eigenvalue weighted by molar-refractivity contribution is 7.10. The van der Waals surface area contributed by atoms with Gasteiger partial charge in [0, 0.05) is 10.3 Å². The average Bonchev–Trinajstić information content (AvgIpc) is 3.32. The van der Waals surface area contributed by atoms with Gasteiger partial charge in [-0.25, -0.2) is 0 Å². The number of carbonyl (C=O) groups is 3. The zero-order valence-electron chi connectivity index (χ0n) is 14.5. The number of allylic oxidation sites excluding steroid dienone is 2. The lowest BCUT2D eigenvalue weighted by Crippen LogP contribution is -2.48. The van der Waals surface area contributed by atoms with Crippen molar-refractivity contribution < 1.29 is 19.5 Å². The van der Waals surface area contributed by atoms with Crippen LogP contribution in [0.4, 0.5) is 0 Å². The Hall–Kier alpha value is -2.15. The summed E-state index contributed by atoms with van der Waals surface area (Å²) in [6.45, 7) is 2.21. The summed E-state index contributed by atoms with van der Waals surface area (Å²) < 4.78 is 0. The topological polar surface area (TPSA) is 95.5 Å². The molecule has 0 saturated heterocycles. The molecule has 26 heavy (non-hydrogen) atoms. The Balaban J connectivity index is 1.41. The van der Waals surface area contributed by atoms with Crippen molar-refractivity contribution in [2.75, 3.05) is 0 Å². The molecule has 1 heterocycles. The maximum absolute atomic E-state index is 12.5. The lowest BCUT2D eigenvalue weighted by Gasteiger charge is -2.24. The number of hydrogen-bond acceptors (Lipinski definition) is 4. The van der Waals surface area contributed by atoms with Crippen LogP contribution in [0.25, 0.3) is 0 Å². The molecule has 0 aromatic carbocycles. The Morgan fingerprint density at radius 1 is 1.15 bits per heavy atom. The molecule has 6 nitrogen and oxygen atoms in total. The molecule has 0 spiro atoms. The zero-order valence-corrected chi connectivity index (χ0v) is 15.3. The summed E-state index contributed by atoms with van der Waals surface area (Å²) >= 11 is 1.60. The molecule has 1 aromatic heterocycles. The second-order valence-corrected chi connectivity index (χ2v) is 8.64. The third-order valence-corrected chi connectivity index (χ3v) is 7.04. The Kier molecular flexibility index (Phi) is 4.34. The van der Waals surface area contributed by atoms with Crippen LogP contribution in [0.1, 0.15) is 40.6 Å². The predicted molar refractivity (Wildman–Crippen MR) is 96.5 cm³/mol. The van der Waals surface area contributed by atoms with Gasteiger partial charge in [-0.3, -0.25) is 25.2 Å². The van der Waals surface area contributed by atoms with Crippen molar-refractivity contribution in [1.82, 2.24) is 10.9 Å². The predicted octanol–water partition coefficient (Wildman–Crippen LogP) is 2.16. The van der Waals surface area contributed by atoms with Gasteiger partial charge >= 0.3 is 5.97 Å². The zero-order chi connectivity index (χ0) is 18.4. The summed E-state index contributed by atoms with van der Waals surface area (Å²) in [7, 11) is 0. The molecule has 7 heteroatoms. The Bertz CT molecular complexity index is 799. The molecule has 3 aliphatic carbocycles. The lowest BCUT2D eigenvalue weighted by atomic mass is 9.82. The molecule has 3 aliphatic rings. The molecule has 5 unspecified atom stereocenters. The lowest BCUT2D eigenvalue weighted by molar-refractivity contribution is -0.148. The third kappa shape index (κ3) is 2.84. The Morgan fingerprint density at radius 2 is 1.88 bits per heavy atom. The molecule has 4 rings (SSSR count). The molecule has 3 N–H and O–H groups in total. The van der Waals surface area contributed by atoms with Crippen molar-refractivity contribution in [2.45, 2.75) is 32.6 Å². The third-order valence-electron chi connectivity index (χ3n) is 5.99. The minimum absolute atomic E-state index is 0.0617. The van der Waals surface area contributed by atoms with Gasteiger partial charge in [-0.2, -0.15) is 0 Å². The van der Waals surface area contributed by atoms with Crippen LogP contribution in [0.5, 0.6) is 0 Å². The first-order valence-electron chi connectivity index (χ1n) is 9.06. The normalized spacial score (nSPS) is 31.5. The fourth-order valence-electron chi connectivity index (χ4n) is 4.65. The Labute approximate surface area is 155 Å². The SMILES string of the molecule is CC1CCc2c(C(=O)NNC(=O)C3C4C=CC(C4)C3C(=O)O)csc2C1. The van der Waals surface area contributed by atoms with Crippen LogP contribution in [0.3, 0.4) is 0 Å². The highest BCUT2D eigenvalue weighted by atomic mass is 32.1. The van der Waals surface area contributed by atoms with E-state index in [-0.39, 0.29) is 17.7 Å². The number of carboxylic acid groups (broad SMARTS) is 1. The molecular weight excluding hydrogens is 352 g/mol. The van der Waals surface area contributed by atoms with Crippen LogP contribution in [0.2, 0.25) is 0 Å².